The number of carbonyl (C=O) groups excluding carboxylic acids is 2. The molecule has 0 aromatic heterocycles. The molecule has 0 bridgehead atoms. The van der Waals surface area contributed by atoms with Gasteiger partial charge in [-0.2, -0.15) is 0 Å². The number of nitrogens with two attached hydrogens (primary N) is 1. The predicted molar refractivity (Wildman–Crippen MR) is 64.6 cm³/mol. The first kappa shape index (κ1) is 14.5. The average Bonchev–Trinajstić information content (AvgIpc) is 2.74. The predicted octanol–water partition coefficient (Wildman–Crippen LogP) is 0.403. The first-order valence-electron chi connectivity index (χ1n) is 6.25. The molecule has 6 heteroatoms. The lowest BCUT2D eigenvalue weighted by Crippen LogP contribution is -2.36. The molecule has 4 N–H and O–H groups in total. The maximum atomic E-state index is 11.7. The molecule has 1 aliphatic rings. The van der Waals surface area contributed by atoms with Crippen molar-refractivity contribution in [1.82, 2.24) is 5.32 Å². The van der Waals surface area contributed by atoms with Gasteiger partial charge in [-0.3, -0.25) is 14.4 Å². The standard InChI is InChI=1S/C12H20N2O4/c13-9(15)4-3-7-14-10(16)8-12(11(17)18)5-1-2-6-12/h1-8H2,(H2,13,15)(H,14,16)(H,17,18). The number of carbonyl (C=O) groups is 3. The Kier molecular flexibility index (Phi) is 5.12. The van der Waals surface area contributed by atoms with E-state index in [1.54, 1.807) is 0 Å². The van der Waals surface area contributed by atoms with Crippen LogP contribution < -0.4 is 11.1 Å². The van der Waals surface area contributed by atoms with Crippen LogP contribution in [0.25, 0.3) is 0 Å². The highest BCUT2D eigenvalue weighted by Gasteiger charge is 2.42. The van der Waals surface area contributed by atoms with E-state index in [1.807, 2.05) is 0 Å². The summed E-state index contributed by atoms with van der Waals surface area (Å²) in [5.41, 5.74) is 4.09. The molecule has 18 heavy (non-hydrogen) atoms. The summed E-state index contributed by atoms with van der Waals surface area (Å²) in [4.78, 5) is 33.4. The first-order valence-corrected chi connectivity index (χ1v) is 6.25. The van der Waals surface area contributed by atoms with Gasteiger partial charge in [-0.15, -0.1) is 0 Å². The highest BCUT2D eigenvalue weighted by molar-refractivity contribution is 5.85. The Hall–Kier alpha value is -1.59. The molecule has 1 saturated carbocycles. The summed E-state index contributed by atoms with van der Waals surface area (Å²) >= 11 is 0. The van der Waals surface area contributed by atoms with Crippen LogP contribution in [0.5, 0.6) is 0 Å². The number of amides is 2. The maximum absolute atomic E-state index is 11.7. The Bertz CT molecular complexity index is 335. The number of hydrogen-bond acceptors (Lipinski definition) is 3. The normalized spacial score (nSPS) is 17.3. The van der Waals surface area contributed by atoms with Crippen LogP contribution in [0.3, 0.4) is 0 Å². The molecule has 0 saturated heterocycles. The summed E-state index contributed by atoms with van der Waals surface area (Å²) in [6, 6.07) is 0. The van der Waals surface area contributed by atoms with Crippen LogP contribution in [0.4, 0.5) is 0 Å². The van der Waals surface area contributed by atoms with Crippen molar-refractivity contribution in [2.45, 2.75) is 44.9 Å². The molecule has 0 aromatic carbocycles. The molecule has 1 fully saturated rings. The molecule has 0 aliphatic heterocycles. The molecule has 0 atom stereocenters. The van der Waals surface area contributed by atoms with E-state index in [4.69, 9.17) is 5.73 Å². The minimum Gasteiger partial charge on any atom is -0.481 e. The molecule has 0 radical (unpaired) electrons. The Morgan fingerprint density at radius 2 is 1.83 bits per heavy atom. The molecule has 1 aliphatic carbocycles. The summed E-state index contributed by atoms with van der Waals surface area (Å²) in [6.45, 7) is 0.359. The van der Waals surface area contributed by atoms with Crippen LogP contribution in [0, 0.1) is 5.41 Å². The van der Waals surface area contributed by atoms with Gasteiger partial charge in [0, 0.05) is 19.4 Å². The summed E-state index contributed by atoms with van der Waals surface area (Å²) < 4.78 is 0. The van der Waals surface area contributed by atoms with Crippen molar-refractivity contribution in [3.05, 3.63) is 0 Å². The Labute approximate surface area is 106 Å². The van der Waals surface area contributed by atoms with Gasteiger partial charge in [-0.05, 0) is 19.3 Å². The summed E-state index contributed by atoms with van der Waals surface area (Å²) in [5, 5.41) is 11.9. The number of carboxylic acids is 1. The van der Waals surface area contributed by atoms with Crippen molar-refractivity contribution in [3.63, 3.8) is 0 Å². The second-order valence-electron chi connectivity index (χ2n) is 4.89. The molecule has 102 valence electrons. The van der Waals surface area contributed by atoms with E-state index in [-0.39, 0.29) is 18.7 Å². The summed E-state index contributed by atoms with van der Waals surface area (Å²) in [7, 11) is 0. The lowest BCUT2D eigenvalue weighted by Gasteiger charge is -2.22. The van der Waals surface area contributed by atoms with Gasteiger partial charge in [0.25, 0.3) is 0 Å². The van der Waals surface area contributed by atoms with E-state index >= 15 is 0 Å². The van der Waals surface area contributed by atoms with Crippen LogP contribution in [0.1, 0.15) is 44.9 Å². The Morgan fingerprint density at radius 3 is 2.33 bits per heavy atom. The van der Waals surface area contributed by atoms with Crippen LogP contribution in [0.15, 0.2) is 0 Å². The number of nitrogens with one attached hydrogen (secondary N) is 1. The molecular weight excluding hydrogens is 236 g/mol. The molecule has 2 amide bonds. The smallest absolute Gasteiger partial charge is 0.310 e. The van der Waals surface area contributed by atoms with Crippen molar-refractivity contribution in [2.24, 2.45) is 11.1 Å². The first-order chi connectivity index (χ1) is 8.46. The van der Waals surface area contributed by atoms with Crippen molar-refractivity contribution < 1.29 is 19.5 Å². The van der Waals surface area contributed by atoms with E-state index in [9.17, 15) is 19.5 Å². The fraction of sp³-hybridized carbons (Fsp3) is 0.750. The largest absolute Gasteiger partial charge is 0.481 e. The second kappa shape index (κ2) is 6.37. The fourth-order valence-corrected chi connectivity index (χ4v) is 2.38. The third-order valence-corrected chi connectivity index (χ3v) is 3.44. The van der Waals surface area contributed by atoms with Crippen LogP contribution in [-0.4, -0.2) is 29.4 Å². The number of carboxylic acid groups (broad SMARTS) is 1. The topological polar surface area (TPSA) is 109 Å². The van der Waals surface area contributed by atoms with Gasteiger partial charge in [-0.1, -0.05) is 12.8 Å². The third-order valence-electron chi connectivity index (χ3n) is 3.44. The lowest BCUT2D eigenvalue weighted by atomic mass is 9.82. The molecular formula is C12H20N2O4. The van der Waals surface area contributed by atoms with Gasteiger partial charge in [0.15, 0.2) is 0 Å². The highest BCUT2D eigenvalue weighted by Crippen LogP contribution is 2.41. The van der Waals surface area contributed by atoms with Crippen molar-refractivity contribution in [3.8, 4) is 0 Å². The number of primary amides is 1. The van der Waals surface area contributed by atoms with E-state index in [1.165, 1.54) is 0 Å². The van der Waals surface area contributed by atoms with Gasteiger partial charge in [0.1, 0.15) is 0 Å². The van der Waals surface area contributed by atoms with E-state index < -0.39 is 17.3 Å². The minimum absolute atomic E-state index is 0.0267. The minimum atomic E-state index is -0.882. The zero-order valence-corrected chi connectivity index (χ0v) is 10.4. The zero-order valence-electron chi connectivity index (χ0n) is 10.4. The Morgan fingerprint density at radius 1 is 1.22 bits per heavy atom. The third kappa shape index (κ3) is 4.01. The van der Waals surface area contributed by atoms with E-state index in [0.717, 1.165) is 12.8 Å². The van der Waals surface area contributed by atoms with Gasteiger partial charge >= 0.3 is 5.97 Å². The fourth-order valence-electron chi connectivity index (χ4n) is 2.38. The van der Waals surface area contributed by atoms with Gasteiger partial charge in [-0.25, -0.2) is 0 Å². The molecule has 0 aromatic rings. The lowest BCUT2D eigenvalue weighted by molar-refractivity contribution is -0.151. The van der Waals surface area contributed by atoms with Crippen molar-refractivity contribution >= 4 is 17.8 Å². The molecule has 0 spiro atoms. The quantitative estimate of drug-likeness (QED) is 0.573. The zero-order chi connectivity index (χ0) is 13.6. The van der Waals surface area contributed by atoms with Crippen LogP contribution >= 0.6 is 0 Å². The van der Waals surface area contributed by atoms with Crippen molar-refractivity contribution in [1.29, 1.82) is 0 Å². The summed E-state index contributed by atoms with van der Waals surface area (Å²) in [6.07, 6.45) is 3.60. The molecule has 0 heterocycles. The SMILES string of the molecule is NC(=O)CCCNC(=O)CC1(C(=O)O)CCCC1. The van der Waals surface area contributed by atoms with E-state index in [2.05, 4.69) is 5.32 Å². The number of aliphatic carboxylic acids is 1. The maximum Gasteiger partial charge on any atom is 0.310 e. The van der Waals surface area contributed by atoms with E-state index in [0.29, 0.717) is 25.8 Å². The van der Waals surface area contributed by atoms with Gasteiger partial charge in [0.2, 0.25) is 11.8 Å². The molecule has 0 unspecified atom stereocenters. The van der Waals surface area contributed by atoms with Crippen LogP contribution in [0.2, 0.25) is 0 Å². The molecule has 1 rings (SSSR count). The Balaban J connectivity index is 2.34. The van der Waals surface area contributed by atoms with Gasteiger partial charge < -0.3 is 16.2 Å². The highest BCUT2D eigenvalue weighted by atomic mass is 16.4. The molecule has 6 nitrogen and oxygen atoms in total. The number of rotatable bonds is 7. The second-order valence-corrected chi connectivity index (χ2v) is 4.89. The summed E-state index contributed by atoms with van der Waals surface area (Å²) in [5.74, 6) is -1.54. The van der Waals surface area contributed by atoms with Crippen LogP contribution in [-0.2, 0) is 14.4 Å². The van der Waals surface area contributed by atoms with Crippen molar-refractivity contribution in [2.75, 3.05) is 6.54 Å². The average molecular weight is 256 g/mol. The monoisotopic (exact) mass is 256 g/mol. The van der Waals surface area contributed by atoms with Gasteiger partial charge in [0.05, 0.1) is 5.41 Å². The number of hydrogen-bond donors (Lipinski definition) is 3.